The summed E-state index contributed by atoms with van der Waals surface area (Å²) < 4.78 is 3.82. The average molecular weight is 210 g/mol. The molecule has 3 nitrogen and oxygen atoms in total. The molecule has 0 radical (unpaired) electrons. The lowest BCUT2D eigenvalue weighted by atomic mass is 9.94. The lowest BCUT2D eigenvalue weighted by Gasteiger charge is -2.09. The molecule has 2 rings (SSSR count). The van der Waals surface area contributed by atoms with Gasteiger partial charge in [-0.05, 0) is 24.4 Å². The van der Waals surface area contributed by atoms with Crippen LogP contribution in [0.15, 0.2) is 5.38 Å². The van der Waals surface area contributed by atoms with Crippen molar-refractivity contribution in [2.45, 2.75) is 38.5 Å². The van der Waals surface area contributed by atoms with E-state index in [9.17, 15) is 4.79 Å². The third kappa shape index (κ3) is 2.38. The second-order valence-corrected chi connectivity index (χ2v) is 4.47. The van der Waals surface area contributed by atoms with Gasteiger partial charge in [0.05, 0.1) is 5.69 Å². The smallest absolute Gasteiger partial charge is 0.136 e. The van der Waals surface area contributed by atoms with E-state index in [1.165, 1.54) is 24.4 Å². The van der Waals surface area contributed by atoms with Gasteiger partial charge >= 0.3 is 0 Å². The first-order valence-electron chi connectivity index (χ1n) is 5.15. The molecule has 0 N–H and O–H groups in total. The fourth-order valence-electron chi connectivity index (χ4n) is 1.97. The molecule has 1 aromatic rings. The molecule has 1 aliphatic carbocycles. The SMILES string of the molecule is O=C1CCCCCC1Cc1csnn1. The van der Waals surface area contributed by atoms with Crippen LogP contribution in [-0.4, -0.2) is 15.4 Å². The van der Waals surface area contributed by atoms with E-state index in [2.05, 4.69) is 9.59 Å². The molecule has 14 heavy (non-hydrogen) atoms. The maximum atomic E-state index is 11.7. The monoisotopic (exact) mass is 210 g/mol. The van der Waals surface area contributed by atoms with Crippen LogP contribution in [0.2, 0.25) is 0 Å². The van der Waals surface area contributed by atoms with Crippen molar-refractivity contribution >= 4 is 17.3 Å². The minimum absolute atomic E-state index is 0.210. The second-order valence-electron chi connectivity index (χ2n) is 3.86. The number of carbonyl (C=O) groups is 1. The number of rotatable bonds is 2. The Morgan fingerprint density at radius 1 is 1.43 bits per heavy atom. The fourth-order valence-corrected chi connectivity index (χ4v) is 2.44. The van der Waals surface area contributed by atoms with Gasteiger partial charge in [0.1, 0.15) is 5.78 Å². The highest BCUT2D eigenvalue weighted by molar-refractivity contribution is 7.03. The van der Waals surface area contributed by atoms with Gasteiger partial charge in [-0.25, -0.2) is 0 Å². The number of hydrogen-bond donors (Lipinski definition) is 0. The number of carbonyl (C=O) groups excluding carboxylic acids is 1. The summed E-state index contributed by atoms with van der Waals surface area (Å²) >= 11 is 1.36. The molecule has 76 valence electrons. The summed E-state index contributed by atoms with van der Waals surface area (Å²) in [6, 6.07) is 0. The van der Waals surface area contributed by atoms with Crippen LogP contribution in [0.1, 0.15) is 37.8 Å². The summed E-state index contributed by atoms with van der Waals surface area (Å²) in [5, 5.41) is 5.93. The molecule has 1 heterocycles. The number of ketones is 1. The Bertz CT molecular complexity index is 297. The van der Waals surface area contributed by atoms with Gasteiger partial charge in [0.25, 0.3) is 0 Å². The number of nitrogens with zero attached hydrogens (tertiary/aromatic N) is 2. The Hall–Kier alpha value is -0.770. The quantitative estimate of drug-likeness (QED) is 0.703. The molecule has 1 aromatic heterocycles. The molecule has 0 spiro atoms. The molecule has 1 aliphatic rings. The Balaban J connectivity index is 1.98. The molecule has 0 aliphatic heterocycles. The van der Waals surface area contributed by atoms with Crippen molar-refractivity contribution in [1.29, 1.82) is 0 Å². The van der Waals surface area contributed by atoms with Crippen LogP contribution in [-0.2, 0) is 11.2 Å². The van der Waals surface area contributed by atoms with Crippen LogP contribution in [0.4, 0.5) is 0 Å². The first kappa shape index (κ1) is 9.77. The van der Waals surface area contributed by atoms with Gasteiger partial charge < -0.3 is 0 Å². The molecule has 0 aromatic carbocycles. The van der Waals surface area contributed by atoms with Crippen LogP contribution in [0.3, 0.4) is 0 Å². The molecular weight excluding hydrogens is 196 g/mol. The highest BCUT2D eigenvalue weighted by Gasteiger charge is 2.21. The molecule has 1 saturated carbocycles. The lowest BCUT2D eigenvalue weighted by Crippen LogP contribution is -2.15. The van der Waals surface area contributed by atoms with Crippen molar-refractivity contribution < 1.29 is 4.79 Å². The van der Waals surface area contributed by atoms with E-state index in [4.69, 9.17) is 0 Å². The van der Waals surface area contributed by atoms with Crippen molar-refractivity contribution in [1.82, 2.24) is 9.59 Å². The van der Waals surface area contributed by atoms with Gasteiger partial charge in [-0.1, -0.05) is 17.3 Å². The minimum atomic E-state index is 0.210. The summed E-state index contributed by atoms with van der Waals surface area (Å²) in [5.74, 6) is 0.636. The van der Waals surface area contributed by atoms with Crippen molar-refractivity contribution in [2.75, 3.05) is 0 Å². The Morgan fingerprint density at radius 2 is 2.36 bits per heavy atom. The van der Waals surface area contributed by atoms with E-state index in [1.54, 1.807) is 0 Å². The summed E-state index contributed by atoms with van der Waals surface area (Å²) in [7, 11) is 0. The Morgan fingerprint density at radius 3 is 3.14 bits per heavy atom. The van der Waals surface area contributed by atoms with Gasteiger partial charge in [-0.3, -0.25) is 4.79 Å². The molecule has 0 bridgehead atoms. The van der Waals surface area contributed by atoms with E-state index < -0.39 is 0 Å². The maximum absolute atomic E-state index is 11.7. The van der Waals surface area contributed by atoms with E-state index in [1.807, 2.05) is 5.38 Å². The molecule has 1 atom stereocenters. The normalized spacial score (nSPS) is 23.4. The predicted molar refractivity (Wildman–Crippen MR) is 55.2 cm³/mol. The summed E-state index contributed by atoms with van der Waals surface area (Å²) in [6.45, 7) is 0. The number of aromatic nitrogens is 2. The van der Waals surface area contributed by atoms with Crippen molar-refractivity contribution in [3.05, 3.63) is 11.1 Å². The van der Waals surface area contributed by atoms with Crippen molar-refractivity contribution in [3.8, 4) is 0 Å². The third-order valence-corrected chi connectivity index (χ3v) is 3.35. The van der Waals surface area contributed by atoms with Crippen LogP contribution in [0.5, 0.6) is 0 Å². The van der Waals surface area contributed by atoms with E-state index >= 15 is 0 Å². The molecule has 0 saturated heterocycles. The van der Waals surface area contributed by atoms with E-state index in [0.717, 1.165) is 31.4 Å². The number of Topliss-reactive ketones (excluding diaryl/α,β-unsaturated/α-hetero) is 1. The maximum Gasteiger partial charge on any atom is 0.136 e. The van der Waals surface area contributed by atoms with Crippen LogP contribution in [0.25, 0.3) is 0 Å². The van der Waals surface area contributed by atoms with Crippen LogP contribution < -0.4 is 0 Å². The molecule has 1 unspecified atom stereocenters. The molecule has 1 fully saturated rings. The number of hydrogen-bond acceptors (Lipinski definition) is 4. The summed E-state index contributed by atoms with van der Waals surface area (Å²) in [5.41, 5.74) is 0.982. The van der Waals surface area contributed by atoms with Gasteiger partial charge in [0, 0.05) is 24.1 Å². The van der Waals surface area contributed by atoms with E-state index in [0.29, 0.717) is 5.78 Å². The highest BCUT2D eigenvalue weighted by atomic mass is 32.1. The highest BCUT2D eigenvalue weighted by Crippen LogP contribution is 2.22. The predicted octanol–water partition coefficient (Wildman–Crippen LogP) is 2.23. The molecule has 4 heteroatoms. The van der Waals surface area contributed by atoms with Crippen LogP contribution in [0, 0.1) is 5.92 Å². The first-order chi connectivity index (χ1) is 6.86. The fraction of sp³-hybridized carbons (Fsp3) is 0.700. The average Bonchev–Trinajstić information content (AvgIpc) is 2.60. The lowest BCUT2D eigenvalue weighted by molar-refractivity contribution is -0.122. The van der Waals surface area contributed by atoms with Gasteiger partial charge in [-0.15, -0.1) is 5.10 Å². The Labute approximate surface area is 87.7 Å². The zero-order valence-corrected chi connectivity index (χ0v) is 8.92. The zero-order valence-electron chi connectivity index (χ0n) is 8.11. The standard InChI is InChI=1S/C10H14N2OS/c13-10-5-3-1-2-4-8(10)6-9-7-14-12-11-9/h7-8H,1-6H2. The van der Waals surface area contributed by atoms with Gasteiger partial charge in [0.15, 0.2) is 0 Å². The van der Waals surface area contributed by atoms with Crippen LogP contribution >= 0.6 is 11.5 Å². The van der Waals surface area contributed by atoms with Crippen molar-refractivity contribution in [2.24, 2.45) is 5.92 Å². The molecule has 0 amide bonds. The van der Waals surface area contributed by atoms with E-state index in [-0.39, 0.29) is 5.92 Å². The third-order valence-electron chi connectivity index (χ3n) is 2.79. The molecular formula is C10H14N2OS. The first-order valence-corrected chi connectivity index (χ1v) is 5.98. The minimum Gasteiger partial charge on any atom is -0.299 e. The topological polar surface area (TPSA) is 42.9 Å². The van der Waals surface area contributed by atoms with Gasteiger partial charge in [-0.2, -0.15) is 0 Å². The van der Waals surface area contributed by atoms with Crippen molar-refractivity contribution in [3.63, 3.8) is 0 Å². The largest absolute Gasteiger partial charge is 0.299 e. The van der Waals surface area contributed by atoms with Gasteiger partial charge in [0.2, 0.25) is 0 Å². The second kappa shape index (κ2) is 4.64. The summed E-state index contributed by atoms with van der Waals surface area (Å²) in [4.78, 5) is 11.7. The zero-order chi connectivity index (χ0) is 9.80. The summed E-state index contributed by atoms with van der Waals surface area (Å²) in [6.07, 6.45) is 6.07. The Kier molecular flexibility index (Phi) is 3.24.